The summed E-state index contributed by atoms with van der Waals surface area (Å²) in [6, 6.07) is 0. The summed E-state index contributed by atoms with van der Waals surface area (Å²) in [6.07, 6.45) is 1.32. The fraction of sp³-hybridized carbons (Fsp3) is 0.556. The second-order valence-corrected chi connectivity index (χ2v) is 3.94. The third kappa shape index (κ3) is 1.33. The van der Waals surface area contributed by atoms with Gasteiger partial charge in [-0.2, -0.15) is 11.3 Å². The van der Waals surface area contributed by atoms with Crippen molar-refractivity contribution in [2.24, 2.45) is 0 Å². The first-order valence-corrected chi connectivity index (χ1v) is 5.05. The number of hydrogen-bond donors (Lipinski definition) is 1. The van der Waals surface area contributed by atoms with E-state index in [-0.39, 0.29) is 0 Å². The van der Waals surface area contributed by atoms with Gasteiger partial charge in [-0.15, -0.1) is 0 Å². The molecule has 0 aromatic carbocycles. The van der Waals surface area contributed by atoms with Crippen LogP contribution in [-0.4, -0.2) is 13.1 Å². The van der Waals surface area contributed by atoms with E-state index >= 15 is 0 Å². The molecule has 1 atom stereocenters. The van der Waals surface area contributed by atoms with Crippen molar-refractivity contribution in [1.82, 2.24) is 5.32 Å². The summed E-state index contributed by atoms with van der Waals surface area (Å²) in [5.41, 5.74) is 3.05. The van der Waals surface area contributed by atoms with Gasteiger partial charge >= 0.3 is 0 Å². The molecule has 1 aliphatic heterocycles. The molecular formula is C9H13NS. The summed E-state index contributed by atoms with van der Waals surface area (Å²) in [5, 5.41) is 7.93. The Balaban J connectivity index is 2.21. The highest BCUT2D eigenvalue weighted by atomic mass is 32.1. The summed E-state index contributed by atoms with van der Waals surface area (Å²) >= 11 is 1.83. The minimum Gasteiger partial charge on any atom is -0.316 e. The molecule has 0 radical (unpaired) electrons. The number of hydrogen-bond acceptors (Lipinski definition) is 2. The molecule has 1 fully saturated rings. The van der Waals surface area contributed by atoms with Crippen molar-refractivity contribution in [2.45, 2.75) is 19.3 Å². The SMILES string of the molecule is Cc1cscc1C1CCNC1. The maximum absolute atomic E-state index is 3.39. The largest absolute Gasteiger partial charge is 0.316 e. The highest BCUT2D eigenvalue weighted by Crippen LogP contribution is 2.27. The molecule has 0 bridgehead atoms. The van der Waals surface area contributed by atoms with Crippen molar-refractivity contribution in [3.8, 4) is 0 Å². The lowest BCUT2D eigenvalue weighted by molar-refractivity contribution is 0.761. The van der Waals surface area contributed by atoms with Crippen LogP contribution in [0.3, 0.4) is 0 Å². The van der Waals surface area contributed by atoms with E-state index in [2.05, 4.69) is 23.0 Å². The van der Waals surface area contributed by atoms with E-state index in [9.17, 15) is 0 Å². The van der Waals surface area contributed by atoms with Gasteiger partial charge in [-0.3, -0.25) is 0 Å². The van der Waals surface area contributed by atoms with Gasteiger partial charge in [0.15, 0.2) is 0 Å². The van der Waals surface area contributed by atoms with Crippen LogP contribution in [0.15, 0.2) is 10.8 Å². The Morgan fingerprint density at radius 1 is 1.55 bits per heavy atom. The Labute approximate surface area is 71.4 Å². The van der Waals surface area contributed by atoms with Gasteiger partial charge in [0, 0.05) is 6.54 Å². The second kappa shape index (κ2) is 2.95. The van der Waals surface area contributed by atoms with Crippen LogP contribution in [0.25, 0.3) is 0 Å². The molecule has 1 N–H and O–H groups in total. The van der Waals surface area contributed by atoms with E-state index in [0.717, 1.165) is 5.92 Å². The van der Waals surface area contributed by atoms with E-state index in [1.165, 1.54) is 25.1 Å². The summed E-state index contributed by atoms with van der Waals surface area (Å²) in [6.45, 7) is 4.58. The average molecular weight is 167 g/mol. The molecule has 1 aliphatic rings. The van der Waals surface area contributed by atoms with Crippen molar-refractivity contribution in [1.29, 1.82) is 0 Å². The van der Waals surface area contributed by atoms with Crippen molar-refractivity contribution < 1.29 is 0 Å². The van der Waals surface area contributed by atoms with Crippen LogP contribution in [0, 0.1) is 6.92 Å². The number of aryl methyl sites for hydroxylation is 1. The first-order chi connectivity index (χ1) is 5.38. The Morgan fingerprint density at radius 2 is 2.45 bits per heavy atom. The van der Waals surface area contributed by atoms with Gasteiger partial charge < -0.3 is 5.32 Å². The number of rotatable bonds is 1. The summed E-state index contributed by atoms with van der Waals surface area (Å²) in [5.74, 6) is 0.793. The first-order valence-electron chi connectivity index (χ1n) is 4.11. The van der Waals surface area contributed by atoms with E-state index in [1.54, 1.807) is 5.56 Å². The molecule has 0 aliphatic carbocycles. The minimum atomic E-state index is 0.793. The minimum absolute atomic E-state index is 0.793. The molecular weight excluding hydrogens is 154 g/mol. The van der Waals surface area contributed by atoms with Gasteiger partial charge in [-0.05, 0) is 47.7 Å². The van der Waals surface area contributed by atoms with E-state index in [4.69, 9.17) is 0 Å². The van der Waals surface area contributed by atoms with Crippen LogP contribution in [0.5, 0.6) is 0 Å². The molecule has 2 heterocycles. The molecule has 1 aromatic rings. The molecule has 1 saturated heterocycles. The van der Waals surface area contributed by atoms with Gasteiger partial charge in [0.05, 0.1) is 0 Å². The predicted molar refractivity (Wildman–Crippen MR) is 49.3 cm³/mol. The van der Waals surface area contributed by atoms with E-state index in [0.29, 0.717) is 0 Å². The molecule has 0 saturated carbocycles. The Bertz CT molecular complexity index is 235. The van der Waals surface area contributed by atoms with Crippen molar-refractivity contribution in [2.75, 3.05) is 13.1 Å². The zero-order valence-electron chi connectivity index (χ0n) is 6.76. The zero-order chi connectivity index (χ0) is 7.68. The van der Waals surface area contributed by atoms with Crippen LogP contribution in [0.1, 0.15) is 23.5 Å². The lowest BCUT2D eigenvalue weighted by Crippen LogP contribution is -2.07. The smallest absolute Gasteiger partial charge is 0.00210 e. The molecule has 0 spiro atoms. The molecule has 1 unspecified atom stereocenters. The fourth-order valence-electron chi connectivity index (χ4n) is 1.71. The topological polar surface area (TPSA) is 12.0 Å². The Morgan fingerprint density at radius 3 is 3.00 bits per heavy atom. The molecule has 60 valence electrons. The standard InChI is InChI=1S/C9H13NS/c1-7-5-11-6-9(7)8-2-3-10-4-8/h5-6,8,10H,2-4H2,1H3. The van der Waals surface area contributed by atoms with Crippen LogP contribution in [-0.2, 0) is 0 Å². The number of nitrogens with one attached hydrogen (secondary N) is 1. The summed E-state index contributed by atoms with van der Waals surface area (Å²) in [4.78, 5) is 0. The molecule has 11 heavy (non-hydrogen) atoms. The highest BCUT2D eigenvalue weighted by molar-refractivity contribution is 7.08. The monoisotopic (exact) mass is 167 g/mol. The normalized spacial score (nSPS) is 24.3. The Kier molecular flexibility index (Phi) is 1.96. The third-order valence-corrected chi connectivity index (χ3v) is 3.27. The van der Waals surface area contributed by atoms with Crippen LogP contribution < -0.4 is 5.32 Å². The van der Waals surface area contributed by atoms with Gasteiger partial charge in [0.2, 0.25) is 0 Å². The molecule has 1 aromatic heterocycles. The van der Waals surface area contributed by atoms with E-state index < -0.39 is 0 Å². The van der Waals surface area contributed by atoms with Crippen LogP contribution >= 0.6 is 11.3 Å². The van der Waals surface area contributed by atoms with Crippen molar-refractivity contribution in [3.05, 3.63) is 21.9 Å². The highest BCUT2D eigenvalue weighted by Gasteiger charge is 2.18. The maximum atomic E-state index is 3.39. The fourth-order valence-corrected chi connectivity index (χ4v) is 2.64. The zero-order valence-corrected chi connectivity index (χ0v) is 7.58. The third-order valence-electron chi connectivity index (χ3n) is 2.40. The van der Waals surface area contributed by atoms with Crippen molar-refractivity contribution >= 4 is 11.3 Å². The first kappa shape index (κ1) is 7.32. The molecule has 0 amide bonds. The Hall–Kier alpha value is -0.340. The summed E-state index contributed by atoms with van der Waals surface area (Å²) in [7, 11) is 0. The van der Waals surface area contributed by atoms with Crippen LogP contribution in [0.2, 0.25) is 0 Å². The quantitative estimate of drug-likeness (QED) is 0.675. The molecule has 1 nitrogen and oxygen atoms in total. The van der Waals surface area contributed by atoms with Crippen LogP contribution in [0.4, 0.5) is 0 Å². The lowest BCUT2D eigenvalue weighted by atomic mass is 9.98. The van der Waals surface area contributed by atoms with Crippen molar-refractivity contribution in [3.63, 3.8) is 0 Å². The number of thiophene rings is 1. The van der Waals surface area contributed by atoms with E-state index in [1.807, 2.05) is 11.3 Å². The van der Waals surface area contributed by atoms with Gasteiger partial charge in [0.1, 0.15) is 0 Å². The molecule has 2 heteroatoms. The van der Waals surface area contributed by atoms with Gasteiger partial charge in [-0.1, -0.05) is 0 Å². The average Bonchev–Trinajstić information content (AvgIpc) is 2.55. The molecule has 2 rings (SSSR count). The van der Waals surface area contributed by atoms with Gasteiger partial charge in [-0.25, -0.2) is 0 Å². The van der Waals surface area contributed by atoms with Gasteiger partial charge in [0.25, 0.3) is 0 Å². The lowest BCUT2D eigenvalue weighted by Gasteiger charge is -2.06. The maximum Gasteiger partial charge on any atom is 0.00210 e. The predicted octanol–water partition coefficient (Wildman–Crippen LogP) is 2.13. The second-order valence-electron chi connectivity index (χ2n) is 3.20. The summed E-state index contributed by atoms with van der Waals surface area (Å²) < 4.78 is 0.